The quantitative estimate of drug-likeness (QED) is 0.155. The second-order valence-corrected chi connectivity index (χ2v) is 9.00. The van der Waals surface area contributed by atoms with Crippen molar-refractivity contribution in [1.82, 2.24) is 21.3 Å². The van der Waals surface area contributed by atoms with E-state index in [-0.39, 0.29) is 40.1 Å². The zero-order chi connectivity index (χ0) is 24.4. The van der Waals surface area contributed by atoms with Crippen molar-refractivity contribution in [1.29, 1.82) is 10.7 Å². The van der Waals surface area contributed by atoms with E-state index in [4.69, 9.17) is 5.41 Å². The van der Waals surface area contributed by atoms with E-state index in [0.717, 1.165) is 0 Å². The van der Waals surface area contributed by atoms with Gasteiger partial charge in [-0.15, -0.1) is 0 Å². The standard InChI is InChI=1S/C22H33BrN6O3/c1-6-26-19(17(23)14(5)25)22(32)29-18(13(4)9-12(2)3)21(31)28-16(11-24)10-15-7-8-27-20(15)30/h12,15-16,18,25-26H,4,6-10H2,1-3,5H3,(H,27,30)(H,28,31)(H,29,32)/b19-17+,25-14?/t15-,16-,18-/m0/s1. The van der Waals surface area contributed by atoms with Crippen LogP contribution in [0, 0.1) is 28.6 Å². The second kappa shape index (κ2) is 13.0. The molecule has 1 saturated heterocycles. The molecule has 5 N–H and O–H groups in total. The predicted octanol–water partition coefficient (Wildman–Crippen LogP) is 1.86. The molecule has 0 aromatic heterocycles. The number of nitrogens with zero attached hydrogens (tertiary/aromatic N) is 1. The molecule has 32 heavy (non-hydrogen) atoms. The smallest absolute Gasteiger partial charge is 0.269 e. The minimum Gasteiger partial charge on any atom is -0.380 e. The van der Waals surface area contributed by atoms with Crippen LogP contribution in [0.5, 0.6) is 0 Å². The summed E-state index contributed by atoms with van der Waals surface area (Å²) in [7, 11) is 0. The van der Waals surface area contributed by atoms with Crippen molar-refractivity contribution in [3.63, 3.8) is 0 Å². The van der Waals surface area contributed by atoms with E-state index in [0.29, 0.717) is 31.5 Å². The zero-order valence-corrected chi connectivity index (χ0v) is 20.7. The third kappa shape index (κ3) is 8.11. The predicted molar refractivity (Wildman–Crippen MR) is 127 cm³/mol. The van der Waals surface area contributed by atoms with Gasteiger partial charge in [-0.3, -0.25) is 14.4 Å². The number of likely N-dealkylation sites (N-methyl/N-ethyl adjacent to an activating group) is 1. The number of carbonyl (C=O) groups excluding carboxylic acids is 3. The van der Waals surface area contributed by atoms with Crippen LogP contribution in [0.15, 0.2) is 22.3 Å². The van der Waals surface area contributed by atoms with E-state index >= 15 is 0 Å². The van der Waals surface area contributed by atoms with Gasteiger partial charge in [0.1, 0.15) is 17.8 Å². The molecule has 0 radical (unpaired) electrons. The van der Waals surface area contributed by atoms with Gasteiger partial charge in [-0.1, -0.05) is 20.4 Å². The van der Waals surface area contributed by atoms with Crippen LogP contribution in [0.3, 0.4) is 0 Å². The summed E-state index contributed by atoms with van der Waals surface area (Å²) in [5.74, 6) is -1.39. The molecule has 3 atom stereocenters. The second-order valence-electron chi connectivity index (χ2n) is 8.21. The Bertz CT molecular complexity index is 830. The lowest BCUT2D eigenvalue weighted by atomic mass is 9.96. The molecule has 1 fully saturated rings. The van der Waals surface area contributed by atoms with E-state index in [1.54, 1.807) is 0 Å². The highest BCUT2D eigenvalue weighted by atomic mass is 79.9. The summed E-state index contributed by atoms with van der Waals surface area (Å²) in [5, 5.41) is 28.3. The van der Waals surface area contributed by atoms with Gasteiger partial charge in [0.15, 0.2) is 0 Å². The molecule has 0 unspecified atom stereocenters. The van der Waals surface area contributed by atoms with Gasteiger partial charge < -0.3 is 26.7 Å². The molecule has 1 aliphatic heterocycles. The van der Waals surface area contributed by atoms with Crippen molar-refractivity contribution in [2.24, 2.45) is 11.8 Å². The van der Waals surface area contributed by atoms with Crippen LogP contribution >= 0.6 is 15.9 Å². The lowest BCUT2D eigenvalue weighted by molar-refractivity contribution is -0.127. The molecule has 0 saturated carbocycles. The van der Waals surface area contributed by atoms with Gasteiger partial charge in [0.2, 0.25) is 11.8 Å². The van der Waals surface area contributed by atoms with Crippen LogP contribution in [0.1, 0.15) is 47.0 Å². The van der Waals surface area contributed by atoms with Crippen molar-refractivity contribution in [3.05, 3.63) is 22.3 Å². The third-order valence-electron chi connectivity index (χ3n) is 4.90. The van der Waals surface area contributed by atoms with Crippen LogP contribution in [-0.4, -0.2) is 48.6 Å². The number of nitrogens with one attached hydrogen (secondary N) is 5. The highest BCUT2D eigenvalue weighted by molar-refractivity contribution is 9.12. The van der Waals surface area contributed by atoms with Crippen molar-refractivity contribution in [2.75, 3.05) is 13.1 Å². The van der Waals surface area contributed by atoms with Gasteiger partial charge in [-0.25, -0.2) is 0 Å². The summed E-state index contributed by atoms with van der Waals surface area (Å²) in [6.07, 6.45) is 1.30. The highest BCUT2D eigenvalue weighted by Gasteiger charge is 2.31. The number of hydrogen-bond acceptors (Lipinski definition) is 6. The molecule has 1 heterocycles. The van der Waals surface area contributed by atoms with Crippen LogP contribution in [0.4, 0.5) is 0 Å². The SMILES string of the molecule is C=C(CC(C)C)[C@H](NC(=O)/C(NCC)=C(\Br)C(C)=N)C(=O)N[C@H](C#N)C[C@@H]1CCNC1=O. The van der Waals surface area contributed by atoms with Crippen LogP contribution in [0.25, 0.3) is 0 Å². The molecule has 0 aromatic rings. The minimum atomic E-state index is -1.07. The molecule has 0 aliphatic carbocycles. The Morgan fingerprint density at radius 1 is 1.38 bits per heavy atom. The first-order valence-electron chi connectivity index (χ1n) is 10.7. The van der Waals surface area contributed by atoms with Crippen molar-refractivity contribution < 1.29 is 14.4 Å². The van der Waals surface area contributed by atoms with Crippen LogP contribution in [-0.2, 0) is 14.4 Å². The van der Waals surface area contributed by atoms with Crippen molar-refractivity contribution in [2.45, 2.75) is 59.0 Å². The van der Waals surface area contributed by atoms with E-state index in [1.807, 2.05) is 26.8 Å². The Balaban J connectivity index is 3.07. The number of hydrogen-bond donors (Lipinski definition) is 5. The summed E-state index contributed by atoms with van der Waals surface area (Å²) in [6, 6.07) is 0.0886. The number of rotatable bonds is 12. The summed E-state index contributed by atoms with van der Waals surface area (Å²) in [4.78, 5) is 37.9. The lowest BCUT2D eigenvalue weighted by Crippen LogP contribution is -2.52. The Morgan fingerprint density at radius 3 is 2.50 bits per heavy atom. The Labute approximate surface area is 198 Å². The van der Waals surface area contributed by atoms with Gasteiger partial charge in [-0.2, -0.15) is 5.26 Å². The lowest BCUT2D eigenvalue weighted by Gasteiger charge is -2.24. The first-order valence-corrected chi connectivity index (χ1v) is 11.5. The number of amides is 3. The Morgan fingerprint density at radius 2 is 2.03 bits per heavy atom. The fraction of sp³-hybridized carbons (Fsp3) is 0.591. The van der Waals surface area contributed by atoms with Gasteiger partial charge in [0.25, 0.3) is 5.91 Å². The zero-order valence-electron chi connectivity index (χ0n) is 19.1. The molecule has 1 rings (SSSR count). The number of halogens is 1. The Hall–Kier alpha value is -2.67. The first kappa shape index (κ1) is 27.4. The summed E-state index contributed by atoms with van der Waals surface area (Å²) >= 11 is 3.25. The molecular formula is C22H33BrN6O3. The summed E-state index contributed by atoms with van der Waals surface area (Å²) in [5.41, 5.74) is 0.784. The van der Waals surface area contributed by atoms with E-state index < -0.39 is 23.9 Å². The van der Waals surface area contributed by atoms with Crippen LogP contribution < -0.4 is 21.3 Å². The largest absolute Gasteiger partial charge is 0.380 e. The minimum absolute atomic E-state index is 0.124. The third-order valence-corrected chi connectivity index (χ3v) is 5.89. The summed E-state index contributed by atoms with van der Waals surface area (Å²) < 4.78 is 0.285. The maximum Gasteiger partial charge on any atom is 0.269 e. The topological polar surface area (TPSA) is 147 Å². The van der Waals surface area contributed by atoms with E-state index in [2.05, 4.69) is 43.8 Å². The van der Waals surface area contributed by atoms with Crippen LogP contribution in [0.2, 0.25) is 0 Å². The number of nitriles is 1. The molecule has 0 spiro atoms. The highest BCUT2D eigenvalue weighted by Crippen LogP contribution is 2.18. The number of allylic oxidation sites excluding steroid dienone is 1. The average molecular weight is 509 g/mol. The van der Waals surface area contributed by atoms with E-state index in [1.165, 1.54) is 6.92 Å². The average Bonchev–Trinajstić information content (AvgIpc) is 3.12. The molecule has 0 bridgehead atoms. The number of carbonyl (C=O) groups is 3. The maximum absolute atomic E-state index is 13.1. The van der Waals surface area contributed by atoms with Gasteiger partial charge in [-0.05, 0) is 60.5 Å². The normalized spacial score (nSPS) is 18.0. The molecule has 9 nitrogen and oxygen atoms in total. The van der Waals surface area contributed by atoms with Gasteiger partial charge in [0.05, 0.1) is 10.6 Å². The molecule has 176 valence electrons. The van der Waals surface area contributed by atoms with Crippen molar-refractivity contribution >= 4 is 39.4 Å². The van der Waals surface area contributed by atoms with Crippen molar-refractivity contribution in [3.8, 4) is 6.07 Å². The monoisotopic (exact) mass is 508 g/mol. The molecule has 0 aromatic carbocycles. The maximum atomic E-state index is 13.1. The molecule has 10 heteroatoms. The van der Waals surface area contributed by atoms with E-state index in [9.17, 15) is 19.6 Å². The molecule has 1 aliphatic rings. The molecular weight excluding hydrogens is 476 g/mol. The Kier molecular flexibility index (Phi) is 11.1. The fourth-order valence-electron chi connectivity index (χ4n) is 3.37. The fourth-order valence-corrected chi connectivity index (χ4v) is 3.69. The first-order chi connectivity index (χ1) is 15.0. The van der Waals surface area contributed by atoms with Gasteiger partial charge in [0, 0.05) is 24.7 Å². The van der Waals surface area contributed by atoms with Gasteiger partial charge >= 0.3 is 0 Å². The molecule has 3 amide bonds. The summed E-state index contributed by atoms with van der Waals surface area (Å²) in [6.45, 7) is 12.3.